The van der Waals surface area contributed by atoms with Gasteiger partial charge in [-0.05, 0) is 23.8 Å². The van der Waals surface area contributed by atoms with E-state index in [1.54, 1.807) is 0 Å². The molecule has 6 nitrogen and oxygen atoms in total. The maximum absolute atomic E-state index is 13.0. The van der Waals surface area contributed by atoms with Gasteiger partial charge in [-0.3, -0.25) is 9.59 Å². The summed E-state index contributed by atoms with van der Waals surface area (Å²) in [7, 11) is 1.27. The highest BCUT2D eigenvalue weighted by Gasteiger charge is 2.22. The van der Waals surface area contributed by atoms with Gasteiger partial charge < -0.3 is 15.8 Å². The molecular formula is C16H15ClFN3O3. The van der Waals surface area contributed by atoms with Crippen molar-refractivity contribution in [2.24, 2.45) is 5.73 Å². The van der Waals surface area contributed by atoms with Crippen LogP contribution in [0, 0.1) is 5.82 Å². The van der Waals surface area contributed by atoms with Crippen LogP contribution in [-0.2, 0) is 9.53 Å². The number of nitrogens with two attached hydrogens (primary N) is 1. The Morgan fingerprint density at radius 3 is 2.58 bits per heavy atom. The van der Waals surface area contributed by atoms with E-state index < -0.39 is 23.6 Å². The Bertz CT molecular complexity index is 753. The van der Waals surface area contributed by atoms with Crippen molar-refractivity contribution in [3.8, 4) is 0 Å². The fraction of sp³-hybridized carbons (Fsp3) is 0.188. The maximum Gasteiger partial charge on any atom is 0.314 e. The number of benzene rings is 1. The van der Waals surface area contributed by atoms with Gasteiger partial charge in [-0.15, -0.1) is 0 Å². The van der Waals surface area contributed by atoms with Crippen LogP contribution in [0.2, 0.25) is 5.02 Å². The SMILES string of the molecule is COC(=O)C(CNc1ncc(C(N)=O)cc1Cl)c1ccc(F)cc1. The van der Waals surface area contributed by atoms with E-state index in [1.807, 2.05) is 0 Å². The van der Waals surface area contributed by atoms with E-state index >= 15 is 0 Å². The number of nitrogens with zero attached hydrogens (tertiary/aromatic N) is 1. The van der Waals surface area contributed by atoms with E-state index in [0.29, 0.717) is 5.56 Å². The summed E-state index contributed by atoms with van der Waals surface area (Å²) < 4.78 is 17.8. The second-order valence-corrected chi connectivity index (χ2v) is 5.33. The zero-order chi connectivity index (χ0) is 17.7. The third-order valence-corrected chi connectivity index (χ3v) is 3.65. The average Bonchev–Trinajstić information content (AvgIpc) is 2.57. The van der Waals surface area contributed by atoms with Gasteiger partial charge in [0.15, 0.2) is 0 Å². The summed E-state index contributed by atoms with van der Waals surface area (Å²) in [4.78, 5) is 27.1. The Morgan fingerprint density at radius 1 is 1.38 bits per heavy atom. The van der Waals surface area contributed by atoms with Crippen molar-refractivity contribution in [2.75, 3.05) is 19.0 Å². The van der Waals surface area contributed by atoms with Crippen LogP contribution in [0.3, 0.4) is 0 Å². The lowest BCUT2D eigenvalue weighted by Gasteiger charge is -2.17. The molecule has 0 aliphatic heterocycles. The van der Waals surface area contributed by atoms with E-state index in [9.17, 15) is 14.0 Å². The summed E-state index contributed by atoms with van der Waals surface area (Å²) in [5, 5.41) is 3.11. The summed E-state index contributed by atoms with van der Waals surface area (Å²) in [5.41, 5.74) is 5.91. The fourth-order valence-electron chi connectivity index (χ4n) is 2.08. The number of methoxy groups -OCH3 is 1. The van der Waals surface area contributed by atoms with Gasteiger partial charge in [0.2, 0.25) is 5.91 Å². The molecule has 3 N–H and O–H groups in total. The topological polar surface area (TPSA) is 94.3 Å². The number of esters is 1. The van der Waals surface area contributed by atoms with Crippen LogP contribution in [-0.4, -0.2) is 30.5 Å². The minimum Gasteiger partial charge on any atom is -0.468 e. The first-order valence-corrected chi connectivity index (χ1v) is 7.32. The van der Waals surface area contributed by atoms with Crippen molar-refractivity contribution < 1.29 is 18.7 Å². The smallest absolute Gasteiger partial charge is 0.314 e. The maximum atomic E-state index is 13.0. The molecule has 2 aromatic rings. The summed E-state index contributed by atoms with van der Waals surface area (Å²) >= 11 is 6.04. The Hall–Kier alpha value is -2.67. The third kappa shape index (κ3) is 4.20. The van der Waals surface area contributed by atoms with Crippen LogP contribution in [0.4, 0.5) is 10.2 Å². The van der Waals surface area contributed by atoms with E-state index in [0.717, 1.165) is 0 Å². The van der Waals surface area contributed by atoms with Gasteiger partial charge >= 0.3 is 5.97 Å². The standard InChI is InChI=1S/C16H15ClFN3O3/c1-24-16(23)12(9-2-4-11(18)5-3-9)8-21-15-13(17)6-10(7-20-15)14(19)22/h2-7,12H,8H2,1H3,(H2,19,22)(H,20,21). The molecule has 0 spiro atoms. The van der Waals surface area contributed by atoms with Gasteiger partial charge in [0, 0.05) is 12.7 Å². The molecule has 1 atom stereocenters. The van der Waals surface area contributed by atoms with E-state index in [1.165, 1.54) is 43.6 Å². The zero-order valence-corrected chi connectivity index (χ0v) is 13.5. The monoisotopic (exact) mass is 351 g/mol. The molecule has 0 aliphatic carbocycles. The quantitative estimate of drug-likeness (QED) is 0.779. The van der Waals surface area contributed by atoms with Crippen LogP contribution in [0.15, 0.2) is 36.5 Å². The number of pyridine rings is 1. The lowest BCUT2D eigenvalue weighted by atomic mass is 9.99. The van der Waals surface area contributed by atoms with Gasteiger partial charge in [-0.1, -0.05) is 23.7 Å². The Labute approximate surface area is 142 Å². The predicted molar refractivity (Wildman–Crippen MR) is 87.4 cm³/mol. The second kappa shape index (κ2) is 7.74. The highest BCUT2D eigenvalue weighted by molar-refractivity contribution is 6.33. The molecule has 8 heteroatoms. The first-order valence-electron chi connectivity index (χ1n) is 6.95. The predicted octanol–water partition coefficient (Wildman–Crippen LogP) is 2.34. The number of carbonyl (C=O) groups excluding carboxylic acids is 2. The third-order valence-electron chi connectivity index (χ3n) is 3.36. The molecule has 2 rings (SSSR count). The molecule has 0 fully saturated rings. The number of rotatable bonds is 6. The summed E-state index contributed by atoms with van der Waals surface area (Å²) in [6.45, 7) is 0.126. The van der Waals surface area contributed by atoms with E-state index in [4.69, 9.17) is 22.1 Å². The summed E-state index contributed by atoms with van der Waals surface area (Å²) in [5.74, 6) is -1.92. The molecule has 0 bridgehead atoms. The molecule has 1 unspecified atom stereocenters. The molecule has 0 saturated carbocycles. The van der Waals surface area contributed by atoms with E-state index in [-0.39, 0.29) is 22.9 Å². The molecule has 1 aromatic carbocycles. The van der Waals surface area contributed by atoms with Crippen molar-refractivity contribution in [1.29, 1.82) is 0 Å². The van der Waals surface area contributed by atoms with Crippen molar-refractivity contribution in [3.05, 3.63) is 58.5 Å². The second-order valence-electron chi connectivity index (χ2n) is 4.93. The van der Waals surface area contributed by atoms with Crippen LogP contribution < -0.4 is 11.1 Å². The number of hydrogen-bond acceptors (Lipinski definition) is 5. The molecule has 24 heavy (non-hydrogen) atoms. The first-order chi connectivity index (χ1) is 11.4. The Kier molecular flexibility index (Phi) is 5.70. The molecular weight excluding hydrogens is 337 g/mol. The van der Waals surface area contributed by atoms with Gasteiger partial charge in [0.05, 0.1) is 23.6 Å². The van der Waals surface area contributed by atoms with Gasteiger partial charge in [-0.2, -0.15) is 0 Å². The number of primary amides is 1. The Morgan fingerprint density at radius 2 is 2.04 bits per heavy atom. The zero-order valence-electron chi connectivity index (χ0n) is 12.8. The number of anilines is 1. The van der Waals surface area contributed by atoms with Crippen LogP contribution in [0.1, 0.15) is 21.8 Å². The molecule has 0 saturated heterocycles. The highest BCUT2D eigenvalue weighted by Crippen LogP contribution is 2.23. The number of carbonyl (C=O) groups is 2. The van der Waals surface area contributed by atoms with Gasteiger partial charge in [0.25, 0.3) is 0 Å². The molecule has 0 radical (unpaired) electrons. The minimum atomic E-state index is -0.677. The molecule has 0 aliphatic rings. The fourth-order valence-corrected chi connectivity index (χ4v) is 2.31. The summed E-state index contributed by atoms with van der Waals surface area (Å²) in [6.07, 6.45) is 1.28. The molecule has 1 heterocycles. The Balaban J connectivity index is 2.17. The number of hydrogen-bond donors (Lipinski definition) is 2. The van der Waals surface area contributed by atoms with Crippen molar-refractivity contribution >= 4 is 29.3 Å². The largest absolute Gasteiger partial charge is 0.468 e. The van der Waals surface area contributed by atoms with Crippen LogP contribution >= 0.6 is 11.6 Å². The normalized spacial score (nSPS) is 11.6. The minimum absolute atomic E-state index is 0.126. The van der Waals surface area contributed by atoms with Crippen molar-refractivity contribution in [3.63, 3.8) is 0 Å². The molecule has 1 aromatic heterocycles. The average molecular weight is 352 g/mol. The highest BCUT2D eigenvalue weighted by atomic mass is 35.5. The first kappa shape index (κ1) is 17.7. The summed E-state index contributed by atoms with van der Waals surface area (Å²) in [6, 6.07) is 6.91. The van der Waals surface area contributed by atoms with Gasteiger partial charge in [-0.25, -0.2) is 9.37 Å². The number of halogens is 2. The molecule has 1 amide bonds. The van der Waals surface area contributed by atoms with Gasteiger partial charge in [0.1, 0.15) is 11.6 Å². The molecule has 126 valence electrons. The number of amides is 1. The lowest BCUT2D eigenvalue weighted by Crippen LogP contribution is -2.23. The van der Waals surface area contributed by atoms with Crippen LogP contribution in [0.25, 0.3) is 0 Å². The van der Waals surface area contributed by atoms with Crippen molar-refractivity contribution in [1.82, 2.24) is 4.98 Å². The number of ether oxygens (including phenoxy) is 1. The van der Waals surface area contributed by atoms with E-state index in [2.05, 4.69) is 10.3 Å². The number of nitrogens with one attached hydrogen (secondary N) is 1. The number of aromatic nitrogens is 1. The van der Waals surface area contributed by atoms with Crippen LogP contribution in [0.5, 0.6) is 0 Å². The lowest BCUT2D eigenvalue weighted by molar-refractivity contribution is -0.142. The van der Waals surface area contributed by atoms with Crippen molar-refractivity contribution in [2.45, 2.75) is 5.92 Å².